The predicted molar refractivity (Wildman–Crippen MR) is 90.8 cm³/mol. The lowest BCUT2D eigenvalue weighted by Gasteiger charge is -2.30. The molecule has 3 nitrogen and oxygen atoms in total. The first kappa shape index (κ1) is 27.4. The normalized spacial score (nSPS) is 14.6. The third-order valence-corrected chi connectivity index (χ3v) is 4.38. The minimum absolute atomic E-state index is 0.0371. The van der Waals surface area contributed by atoms with Gasteiger partial charge in [0.1, 0.15) is 0 Å². The van der Waals surface area contributed by atoms with Gasteiger partial charge < -0.3 is 14.6 Å². The van der Waals surface area contributed by atoms with E-state index in [2.05, 4.69) is 0 Å². The average molecular weight is 428 g/mol. The van der Waals surface area contributed by atoms with Gasteiger partial charge >= 0.3 is 12.4 Å². The highest BCUT2D eigenvalue weighted by atomic mass is 19.4. The summed E-state index contributed by atoms with van der Waals surface area (Å²) in [5.74, 6) is 0. The van der Waals surface area contributed by atoms with E-state index in [1.54, 1.807) is 13.8 Å². The maximum atomic E-state index is 13.5. The van der Waals surface area contributed by atoms with Crippen LogP contribution in [0.15, 0.2) is 0 Å². The first-order valence-corrected chi connectivity index (χ1v) is 9.19. The molecule has 0 saturated heterocycles. The van der Waals surface area contributed by atoms with Crippen LogP contribution in [-0.2, 0) is 9.47 Å². The summed E-state index contributed by atoms with van der Waals surface area (Å²) >= 11 is 0. The number of rotatable bonds is 13. The van der Waals surface area contributed by atoms with Crippen LogP contribution >= 0.6 is 0 Å². The third kappa shape index (κ3) is 9.26. The molecule has 170 valence electrons. The van der Waals surface area contributed by atoms with Gasteiger partial charge in [0.25, 0.3) is 5.67 Å². The molecule has 0 aromatic heterocycles. The minimum Gasteiger partial charge on any atom is -0.393 e. The molecule has 0 rings (SSSR count). The van der Waals surface area contributed by atoms with Crippen LogP contribution in [-0.4, -0.2) is 54.2 Å². The Morgan fingerprint density at radius 2 is 1.07 bits per heavy atom. The van der Waals surface area contributed by atoms with Gasteiger partial charge in [-0.05, 0) is 53.4 Å². The third-order valence-electron chi connectivity index (χ3n) is 4.38. The summed E-state index contributed by atoms with van der Waals surface area (Å²) in [5.41, 5.74) is -6.36. The Morgan fingerprint density at radius 1 is 0.607 bits per heavy atom. The van der Waals surface area contributed by atoms with Gasteiger partial charge in [0.2, 0.25) is 0 Å². The maximum Gasteiger partial charge on any atom is 0.431 e. The number of aliphatic hydroxyl groups excluding tert-OH is 1. The molecule has 0 atom stereocenters. The van der Waals surface area contributed by atoms with Gasteiger partial charge in [-0.3, -0.25) is 0 Å². The summed E-state index contributed by atoms with van der Waals surface area (Å²) < 4.78 is 99.2. The van der Waals surface area contributed by atoms with E-state index in [4.69, 9.17) is 14.6 Å². The number of aliphatic hydroxyl groups is 1. The summed E-state index contributed by atoms with van der Waals surface area (Å²) in [5, 5.41) is 9.10. The highest BCUT2D eigenvalue weighted by Crippen LogP contribution is 2.49. The number of ether oxygens (including phenoxy) is 2. The Kier molecular flexibility index (Phi) is 10.2. The van der Waals surface area contributed by atoms with Gasteiger partial charge in [-0.15, -0.1) is 0 Å². The number of hydrogen-bond donors (Lipinski definition) is 1. The molecule has 0 amide bonds. The first-order chi connectivity index (χ1) is 12.5. The van der Waals surface area contributed by atoms with Crippen LogP contribution in [0.4, 0.5) is 30.7 Å². The van der Waals surface area contributed by atoms with Crippen molar-refractivity contribution in [1.82, 2.24) is 0 Å². The van der Waals surface area contributed by atoms with Crippen molar-refractivity contribution in [3.63, 3.8) is 0 Å². The Bertz CT molecular complexity index is 431. The van der Waals surface area contributed by atoms with Crippen LogP contribution in [0, 0.1) is 0 Å². The molecule has 0 aromatic rings. The summed E-state index contributed by atoms with van der Waals surface area (Å²) in [4.78, 5) is 0. The van der Waals surface area contributed by atoms with Crippen molar-refractivity contribution in [2.45, 2.75) is 95.4 Å². The standard InChI is InChI=1S/C18H31F7O3/c1-14(2,10-12-28-15(3,4)13-26)27-11-8-6-5-7-9-16(19,17(20,21)22)18(23,24)25/h26H,5-13H2,1-4H3. The number of unbranched alkanes of at least 4 members (excludes halogenated alkanes) is 3. The van der Waals surface area contributed by atoms with E-state index >= 15 is 0 Å². The van der Waals surface area contributed by atoms with Crippen molar-refractivity contribution in [2.75, 3.05) is 19.8 Å². The molecule has 0 saturated carbocycles. The second-order valence-electron chi connectivity index (χ2n) is 8.09. The molecular formula is C18H31F7O3. The summed E-state index contributed by atoms with van der Waals surface area (Å²) in [7, 11) is 0. The predicted octanol–water partition coefficient (Wildman–Crippen LogP) is 5.74. The van der Waals surface area contributed by atoms with Crippen LogP contribution < -0.4 is 0 Å². The quantitative estimate of drug-likeness (QED) is 0.300. The highest BCUT2D eigenvalue weighted by molar-refractivity contribution is 4.94. The van der Waals surface area contributed by atoms with Crippen molar-refractivity contribution in [3.05, 3.63) is 0 Å². The first-order valence-electron chi connectivity index (χ1n) is 9.19. The molecule has 0 heterocycles. The van der Waals surface area contributed by atoms with Crippen LogP contribution in [0.25, 0.3) is 0 Å². The van der Waals surface area contributed by atoms with E-state index in [0.29, 0.717) is 25.9 Å². The fourth-order valence-electron chi connectivity index (χ4n) is 2.31. The fourth-order valence-corrected chi connectivity index (χ4v) is 2.31. The van der Waals surface area contributed by atoms with E-state index in [9.17, 15) is 30.7 Å². The van der Waals surface area contributed by atoms with Gasteiger partial charge in [0, 0.05) is 6.61 Å². The number of halogens is 7. The molecule has 1 N–H and O–H groups in total. The Hall–Kier alpha value is -0.610. The Labute approximate surface area is 161 Å². The SMILES string of the molecule is CC(C)(CO)OCCC(C)(C)OCCCCCCC(F)(C(F)(F)F)C(F)(F)F. The molecule has 0 radical (unpaired) electrons. The van der Waals surface area contributed by atoms with E-state index in [1.807, 2.05) is 13.8 Å². The van der Waals surface area contributed by atoms with Crippen LogP contribution in [0.2, 0.25) is 0 Å². The van der Waals surface area contributed by atoms with Gasteiger partial charge in [0.15, 0.2) is 0 Å². The lowest BCUT2D eigenvalue weighted by molar-refractivity contribution is -0.343. The largest absolute Gasteiger partial charge is 0.431 e. The van der Waals surface area contributed by atoms with Gasteiger partial charge in [-0.2, -0.15) is 26.3 Å². The van der Waals surface area contributed by atoms with E-state index < -0.39 is 42.1 Å². The van der Waals surface area contributed by atoms with Gasteiger partial charge in [0.05, 0.1) is 24.4 Å². The zero-order valence-corrected chi connectivity index (χ0v) is 16.8. The van der Waals surface area contributed by atoms with Crippen molar-refractivity contribution in [2.24, 2.45) is 0 Å². The van der Waals surface area contributed by atoms with Crippen LogP contribution in [0.3, 0.4) is 0 Å². The molecule has 10 heteroatoms. The Balaban J connectivity index is 4.11. The number of hydrogen-bond acceptors (Lipinski definition) is 3. The molecule has 0 aliphatic heterocycles. The molecular weight excluding hydrogens is 397 g/mol. The summed E-state index contributed by atoms with van der Waals surface area (Å²) in [6.07, 6.45) is -12.8. The summed E-state index contributed by atoms with van der Waals surface area (Å²) in [6, 6.07) is 0. The fraction of sp³-hybridized carbons (Fsp3) is 1.00. The van der Waals surface area contributed by atoms with Gasteiger partial charge in [-0.1, -0.05) is 12.8 Å². The molecule has 0 bridgehead atoms. The molecule has 0 aliphatic rings. The Morgan fingerprint density at radius 3 is 1.54 bits per heavy atom. The molecule has 28 heavy (non-hydrogen) atoms. The van der Waals surface area contributed by atoms with Gasteiger partial charge in [-0.25, -0.2) is 4.39 Å². The van der Waals surface area contributed by atoms with E-state index in [-0.39, 0.29) is 19.6 Å². The maximum absolute atomic E-state index is 13.5. The lowest BCUT2D eigenvalue weighted by Crippen LogP contribution is -2.53. The van der Waals surface area contributed by atoms with E-state index in [1.165, 1.54) is 0 Å². The zero-order valence-electron chi connectivity index (χ0n) is 16.8. The average Bonchev–Trinajstić information content (AvgIpc) is 2.51. The van der Waals surface area contributed by atoms with Crippen molar-refractivity contribution in [3.8, 4) is 0 Å². The second kappa shape index (κ2) is 10.4. The topological polar surface area (TPSA) is 38.7 Å². The number of alkyl halides is 7. The molecule has 0 fully saturated rings. The molecule has 0 aromatic carbocycles. The second-order valence-corrected chi connectivity index (χ2v) is 8.09. The molecule has 0 spiro atoms. The van der Waals surface area contributed by atoms with Crippen molar-refractivity contribution in [1.29, 1.82) is 0 Å². The smallest absolute Gasteiger partial charge is 0.393 e. The molecule has 0 unspecified atom stereocenters. The van der Waals surface area contributed by atoms with Crippen molar-refractivity contribution >= 4 is 0 Å². The van der Waals surface area contributed by atoms with E-state index in [0.717, 1.165) is 0 Å². The lowest BCUT2D eigenvalue weighted by atomic mass is 9.96. The van der Waals surface area contributed by atoms with Crippen LogP contribution in [0.1, 0.15) is 66.2 Å². The van der Waals surface area contributed by atoms with Crippen molar-refractivity contribution < 1.29 is 45.3 Å². The van der Waals surface area contributed by atoms with Crippen LogP contribution in [0.5, 0.6) is 0 Å². The zero-order chi connectivity index (χ0) is 22.3. The summed E-state index contributed by atoms with van der Waals surface area (Å²) in [6.45, 7) is 7.63. The molecule has 0 aliphatic carbocycles. The highest BCUT2D eigenvalue weighted by Gasteiger charge is 2.71. The minimum atomic E-state index is -5.98. The monoisotopic (exact) mass is 428 g/mol.